The van der Waals surface area contributed by atoms with Crippen molar-refractivity contribution in [1.29, 1.82) is 0 Å². The second-order valence-electron chi connectivity index (χ2n) is 5.48. The van der Waals surface area contributed by atoms with Gasteiger partial charge in [-0.2, -0.15) is 0 Å². The Hall–Kier alpha value is -0.840. The largest absolute Gasteiger partial charge is 0.349 e. The molecule has 1 saturated heterocycles. The number of nitrogens with one attached hydrogen (secondary N) is 2. The average Bonchev–Trinajstić information content (AvgIpc) is 2.41. The average molecular weight is 335 g/mol. The maximum atomic E-state index is 13.1. The number of hydrogen-bond donors (Lipinski definition) is 2. The van der Waals surface area contributed by atoms with E-state index in [2.05, 4.69) is 17.6 Å². The summed E-state index contributed by atoms with van der Waals surface area (Å²) in [5.41, 5.74) is 0.812. The molecular formula is C15H21Cl2FN2O. The SMILES string of the molecule is CC(NC(=O)[C@H]1CCN[C@@H](C)C1)c1ccc(F)c(Cl)c1.Cl. The van der Waals surface area contributed by atoms with Gasteiger partial charge < -0.3 is 10.6 Å². The van der Waals surface area contributed by atoms with Gasteiger partial charge in [-0.25, -0.2) is 4.39 Å². The Labute approximate surface area is 136 Å². The van der Waals surface area contributed by atoms with Crippen LogP contribution in [0.25, 0.3) is 0 Å². The first-order chi connectivity index (χ1) is 9.47. The minimum Gasteiger partial charge on any atom is -0.349 e. The molecule has 0 aliphatic carbocycles. The van der Waals surface area contributed by atoms with E-state index in [1.165, 1.54) is 6.07 Å². The van der Waals surface area contributed by atoms with E-state index in [0.717, 1.165) is 24.9 Å². The van der Waals surface area contributed by atoms with E-state index in [1.807, 2.05) is 6.92 Å². The molecular weight excluding hydrogens is 314 g/mol. The van der Waals surface area contributed by atoms with Gasteiger partial charge in [0.25, 0.3) is 0 Å². The highest BCUT2D eigenvalue weighted by molar-refractivity contribution is 6.30. The van der Waals surface area contributed by atoms with Crippen molar-refractivity contribution in [2.45, 2.75) is 38.8 Å². The van der Waals surface area contributed by atoms with E-state index in [0.29, 0.717) is 6.04 Å². The highest BCUT2D eigenvalue weighted by Gasteiger charge is 2.25. The van der Waals surface area contributed by atoms with Crippen molar-refractivity contribution in [3.8, 4) is 0 Å². The van der Waals surface area contributed by atoms with E-state index in [9.17, 15) is 9.18 Å². The molecule has 3 nitrogen and oxygen atoms in total. The first kappa shape index (κ1) is 18.2. The third kappa shape index (κ3) is 4.83. The predicted molar refractivity (Wildman–Crippen MR) is 85.4 cm³/mol. The summed E-state index contributed by atoms with van der Waals surface area (Å²) in [4.78, 5) is 12.2. The highest BCUT2D eigenvalue weighted by Crippen LogP contribution is 2.22. The maximum absolute atomic E-state index is 13.1. The fourth-order valence-corrected chi connectivity index (χ4v) is 2.76. The lowest BCUT2D eigenvalue weighted by molar-refractivity contribution is -0.126. The first-order valence-electron chi connectivity index (χ1n) is 6.96. The van der Waals surface area contributed by atoms with Gasteiger partial charge >= 0.3 is 0 Å². The minimum absolute atomic E-state index is 0. The number of hydrogen-bond acceptors (Lipinski definition) is 2. The van der Waals surface area contributed by atoms with Crippen LogP contribution in [0.5, 0.6) is 0 Å². The number of carbonyl (C=O) groups excluding carboxylic acids is 1. The van der Waals surface area contributed by atoms with Crippen LogP contribution in [0, 0.1) is 11.7 Å². The van der Waals surface area contributed by atoms with Crippen LogP contribution in [0.2, 0.25) is 5.02 Å². The number of piperidine rings is 1. The Morgan fingerprint density at radius 1 is 1.52 bits per heavy atom. The van der Waals surface area contributed by atoms with Gasteiger partial charge in [0.05, 0.1) is 11.1 Å². The van der Waals surface area contributed by atoms with Gasteiger partial charge in [-0.05, 0) is 50.9 Å². The lowest BCUT2D eigenvalue weighted by atomic mass is 9.92. The van der Waals surface area contributed by atoms with E-state index >= 15 is 0 Å². The van der Waals surface area contributed by atoms with Crippen molar-refractivity contribution in [2.75, 3.05) is 6.54 Å². The molecule has 1 amide bonds. The molecule has 1 unspecified atom stereocenters. The summed E-state index contributed by atoms with van der Waals surface area (Å²) < 4.78 is 13.1. The van der Waals surface area contributed by atoms with Crippen LogP contribution in [-0.4, -0.2) is 18.5 Å². The number of carbonyl (C=O) groups is 1. The van der Waals surface area contributed by atoms with Crippen LogP contribution in [0.15, 0.2) is 18.2 Å². The van der Waals surface area contributed by atoms with Gasteiger partial charge in [0.1, 0.15) is 5.82 Å². The van der Waals surface area contributed by atoms with Crippen molar-refractivity contribution in [1.82, 2.24) is 10.6 Å². The molecule has 3 atom stereocenters. The molecule has 0 aromatic heterocycles. The van der Waals surface area contributed by atoms with Gasteiger partial charge in [0, 0.05) is 12.0 Å². The van der Waals surface area contributed by atoms with Crippen LogP contribution in [0.4, 0.5) is 4.39 Å². The van der Waals surface area contributed by atoms with Crippen LogP contribution in [0.1, 0.15) is 38.3 Å². The van der Waals surface area contributed by atoms with Crippen molar-refractivity contribution >= 4 is 29.9 Å². The lowest BCUT2D eigenvalue weighted by Crippen LogP contribution is -2.42. The van der Waals surface area contributed by atoms with Crippen molar-refractivity contribution in [3.63, 3.8) is 0 Å². The summed E-state index contributed by atoms with van der Waals surface area (Å²) in [5, 5.41) is 6.39. The Morgan fingerprint density at radius 3 is 2.86 bits per heavy atom. The molecule has 1 heterocycles. The van der Waals surface area contributed by atoms with Crippen LogP contribution in [-0.2, 0) is 4.79 Å². The topological polar surface area (TPSA) is 41.1 Å². The molecule has 1 fully saturated rings. The normalized spacial score (nSPS) is 23.0. The summed E-state index contributed by atoms with van der Waals surface area (Å²) >= 11 is 5.77. The number of amides is 1. The number of benzene rings is 1. The molecule has 6 heteroatoms. The molecule has 1 aliphatic heterocycles. The molecule has 1 aliphatic rings. The van der Waals surface area contributed by atoms with E-state index in [-0.39, 0.29) is 35.3 Å². The Morgan fingerprint density at radius 2 is 2.24 bits per heavy atom. The number of rotatable bonds is 3. The van der Waals surface area contributed by atoms with Gasteiger partial charge in [0.15, 0.2) is 0 Å². The summed E-state index contributed by atoms with van der Waals surface area (Å²) in [7, 11) is 0. The third-order valence-corrected chi connectivity index (χ3v) is 4.09. The summed E-state index contributed by atoms with van der Waals surface area (Å²) in [6.07, 6.45) is 1.70. The third-order valence-electron chi connectivity index (χ3n) is 3.80. The maximum Gasteiger partial charge on any atom is 0.223 e. The fourth-order valence-electron chi connectivity index (χ4n) is 2.57. The molecule has 21 heavy (non-hydrogen) atoms. The quantitative estimate of drug-likeness (QED) is 0.888. The molecule has 0 spiro atoms. The van der Waals surface area contributed by atoms with Gasteiger partial charge in [-0.1, -0.05) is 17.7 Å². The van der Waals surface area contributed by atoms with Crippen molar-refractivity contribution in [2.24, 2.45) is 5.92 Å². The second-order valence-corrected chi connectivity index (χ2v) is 5.89. The second kappa shape index (κ2) is 7.97. The van der Waals surface area contributed by atoms with E-state index in [1.54, 1.807) is 12.1 Å². The zero-order valence-corrected chi connectivity index (χ0v) is 13.7. The smallest absolute Gasteiger partial charge is 0.223 e. The van der Waals surface area contributed by atoms with Gasteiger partial charge in [-0.3, -0.25) is 4.79 Å². The molecule has 0 saturated carbocycles. The van der Waals surface area contributed by atoms with Crippen molar-refractivity contribution in [3.05, 3.63) is 34.6 Å². The Bertz CT molecular complexity index is 499. The van der Waals surface area contributed by atoms with Crippen LogP contribution < -0.4 is 10.6 Å². The number of halogens is 3. The molecule has 2 rings (SSSR count). The highest BCUT2D eigenvalue weighted by atomic mass is 35.5. The summed E-state index contributed by atoms with van der Waals surface area (Å²) in [6, 6.07) is 4.73. The summed E-state index contributed by atoms with van der Waals surface area (Å²) in [5.74, 6) is -0.336. The minimum atomic E-state index is -0.443. The summed E-state index contributed by atoms with van der Waals surface area (Å²) in [6.45, 7) is 4.84. The standard InChI is InChI=1S/C15H20ClFN2O.ClH/c1-9-7-12(5-6-18-9)15(20)19-10(2)11-3-4-14(17)13(16)8-11;/h3-4,8-10,12,18H,5-7H2,1-2H3,(H,19,20);1H/t9-,10?,12-;/m0./s1. The Balaban J connectivity index is 0.00000220. The fraction of sp³-hybridized carbons (Fsp3) is 0.533. The van der Waals surface area contributed by atoms with E-state index < -0.39 is 5.82 Å². The Kier molecular flexibility index (Phi) is 6.91. The molecule has 0 bridgehead atoms. The molecule has 1 aromatic rings. The van der Waals surface area contributed by atoms with Crippen LogP contribution >= 0.6 is 24.0 Å². The van der Waals surface area contributed by atoms with E-state index in [4.69, 9.17) is 11.6 Å². The zero-order valence-electron chi connectivity index (χ0n) is 12.2. The molecule has 1 aromatic carbocycles. The lowest BCUT2D eigenvalue weighted by Gasteiger charge is -2.28. The zero-order chi connectivity index (χ0) is 14.7. The first-order valence-corrected chi connectivity index (χ1v) is 7.34. The monoisotopic (exact) mass is 334 g/mol. The van der Waals surface area contributed by atoms with Gasteiger partial charge in [-0.15, -0.1) is 12.4 Å². The molecule has 0 radical (unpaired) electrons. The predicted octanol–water partition coefficient (Wildman–Crippen LogP) is 3.47. The molecule has 2 N–H and O–H groups in total. The van der Waals surface area contributed by atoms with Gasteiger partial charge in [0.2, 0.25) is 5.91 Å². The van der Waals surface area contributed by atoms with Crippen molar-refractivity contribution < 1.29 is 9.18 Å². The van der Waals surface area contributed by atoms with Crippen LogP contribution in [0.3, 0.4) is 0 Å². The molecule has 118 valence electrons.